The molecule has 6 nitrogen and oxygen atoms in total. The van der Waals surface area contributed by atoms with E-state index in [1.807, 2.05) is 13.8 Å². The maximum Gasteiger partial charge on any atom is 0.321 e. The van der Waals surface area contributed by atoms with E-state index >= 15 is 0 Å². The lowest BCUT2D eigenvalue weighted by Gasteiger charge is -2.30. The van der Waals surface area contributed by atoms with Crippen molar-refractivity contribution in [3.05, 3.63) is 23.2 Å². The van der Waals surface area contributed by atoms with Crippen molar-refractivity contribution < 1.29 is 19.4 Å². The average Bonchev–Trinajstić information content (AvgIpc) is 2.49. The van der Waals surface area contributed by atoms with Crippen LogP contribution in [0.4, 0.5) is 10.5 Å². The first-order chi connectivity index (χ1) is 10.9. The normalized spacial score (nSPS) is 15.6. The summed E-state index contributed by atoms with van der Waals surface area (Å²) in [5.74, 6) is -0.583. The van der Waals surface area contributed by atoms with Crippen molar-refractivity contribution in [1.82, 2.24) is 4.90 Å². The number of urea groups is 1. The average molecular weight is 341 g/mol. The number of carbonyl (C=O) groups is 2. The fraction of sp³-hybridized carbons (Fsp3) is 0.500. The Labute approximate surface area is 140 Å². The van der Waals surface area contributed by atoms with Crippen molar-refractivity contribution in [1.29, 1.82) is 0 Å². The number of halogens is 1. The molecule has 2 amide bonds. The van der Waals surface area contributed by atoms with Crippen molar-refractivity contribution in [3.63, 3.8) is 0 Å². The molecule has 1 aliphatic rings. The molecule has 1 fully saturated rings. The van der Waals surface area contributed by atoms with Gasteiger partial charge < -0.3 is 20.1 Å². The first-order valence-electron chi connectivity index (χ1n) is 7.61. The molecule has 1 aromatic rings. The van der Waals surface area contributed by atoms with E-state index in [1.165, 1.54) is 0 Å². The molecular formula is C16H21ClN2O4. The number of nitrogens with one attached hydrogen (secondary N) is 1. The lowest BCUT2D eigenvalue weighted by molar-refractivity contribution is -0.143. The zero-order chi connectivity index (χ0) is 17.0. The first kappa shape index (κ1) is 17.4. The van der Waals surface area contributed by atoms with E-state index in [0.29, 0.717) is 42.4 Å². The molecule has 0 bridgehead atoms. The molecule has 0 radical (unpaired) electrons. The van der Waals surface area contributed by atoms with E-state index in [4.69, 9.17) is 21.4 Å². The topological polar surface area (TPSA) is 78.9 Å². The second-order valence-corrected chi connectivity index (χ2v) is 6.25. The number of hydrogen-bond donors (Lipinski definition) is 2. The summed E-state index contributed by atoms with van der Waals surface area (Å²) in [5.41, 5.74) is 0.580. The highest BCUT2D eigenvalue weighted by atomic mass is 35.5. The minimum atomic E-state index is -0.794. The number of benzene rings is 1. The monoisotopic (exact) mass is 340 g/mol. The minimum Gasteiger partial charge on any atom is -0.489 e. The predicted octanol–water partition coefficient (Wildman–Crippen LogP) is 3.46. The van der Waals surface area contributed by atoms with E-state index in [9.17, 15) is 9.59 Å². The van der Waals surface area contributed by atoms with Crippen LogP contribution in [0, 0.1) is 5.92 Å². The maximum atomic E-state index is 12.2. The van der Waals surface area contributed by atoms with Crippen molar-refractivity contribution in [3.8, 4) is 5.75 Å². The maximum absolute atomic E-state index is 12.2. The van der Waals surface area contributed by atoms with E-state index in [0.717, 1.165) is 0 Å². The van der Waals surface area contributed by atoms with Crippen LogP contribution >= 0.6 is 11.6 Å². The van der Waals surface area contributed by atoms with Crippen molar-refractivity contribution in [2.75, 3.05) is 18.4 Å². The molecule has 0 spiro atoms. The second kappa shape index (κ2) is 7.55. The fourth-order valence-corrected chi connectivity index (χ4v) is 2.69. The number of rotatable bonds is 4. The Morgan fingerprint density at radius 3 is 2.52 bits per heavy atom. The molecule has 1 aromatic carbocycles. The fourth-order valence-electron chi connectivity index (χ4n) is 2.46. The number of nitrogens with zero attached hydrogens (tertiary/aromatic N) is 1. The van der Waals surface area contributed by atoms with Gasteiger partial charge in [-0.15, -0.1) is 0 Å². The highest BCUT2D eigenvalue weighted by molar-refractivity contribution is 6.32. The van der Waals surface area contributed by atoms with E-state index < -0.39 is 5.97 Å². The van der Waals surface area contributed by atoms with Gasteiger partial charge in [-0.25, -0.2) is 4.79 Å². The molecule has 0 aromatic heterocycles. The Morgan fingerprint density at radius 2 is 2.00 bits per heavy atom. The van der Waals surface area contributed by atoms with Gasteiger partial charge in [-0.3, -0.25) is 4.79 Å². The third kappa shape index (κ3) is 4.76. The van der Waals surface area contributed by atoms with Crippen LogP contribution < -0.4 is 10.1 Å². The van der Waals surface area contributed by atoms with Gasteiger partial charge in [0.2, 0.25) is 0 Å². The van der Waals surface area contributed by atoms with Crippen LogP contribution in [0.25, 0.3) is 0 Å². The predicted molar refractivity (Wildman–Crippen MR) is 88.2 cm³/mol. The van der Waals surface area contributed by atoms with Crippen molar-refractivity contribution in [2.24, 2.45) is 5.92 Å². The lowest BCUT2D eigenvalue weighted by atomic mass is 9.97. The van der Waals surface area contributed by atoms with Gasteiger partial charge in [0.25, 0.3) is 0 Å². The van der Waals surface area contributed by atoms with Crippen molar-refractivity contribution in [2.45, 2.75) is 32.8 Å². The third-order valence-corrected chi connectivity index (χ3v) is 3.97. The van der Waals surface area contributed by atoms with Gasteiger partial charge in [0.1, 0.15) is 5.75 Å². The van der Waals surface area contributed by atoms with Crippen molar-refractivity contribution >= 4 is 29.3 Å². The summed E-state index contributed by atoms with van der Waals surface area (Å²) in [6.07, 6.45) is 0.971. The van der Waals surface area contributed by atoms with Gasteiger partial charge in [-0.05, 0) is 44.9 Å². The number of carbonyl (C=O) groups excluding carboxylic acids is 1. The summed E-state index contributed by atoms with van der Waals surface area (Å²) in [7, 11) is 0. The van der Waals surface area contributed by atoms with Gasteiger partial charge in [0.05, 0.1) is 17.0 Å². The molecule has 126 valence electrons. The number of amides is 2. The zero-order valence-corrected chi connectivity index (χ0v) is 14.0. The summed E-state index contributed by atoms with van der Waals surface area (Å²) in [6.45, 7) is 4.69. The molecule has 2 N–H and O–H groups in total. The minimum absolute atomic E-state index is 0.0171. The molecule has 0 saturated carbocycles. The van der Waals surface area contributed by atoms with E-state index in [1.54, 1.807) is 23.1 Å². The quantitative estimate of drug-likeness (QED) is 0.879. The summed E-state index contributed by atoms with van der Waals surface area (Å²) in [6, 6.07) is 4.84. The van der Waals surface area contributed by atoms with Crippen LogP contribution in [0.15, 0.2) is 18.2 Å². The van der Waals surface area contributed by atoms with E-state index in [-0.39, 0.29) is 18.1 Å². The molecule has 0 unspecified atom stereocenters. The third-order valence-electron chi connectivity index (χ3n) is 3.68. The van der Waals surface area contributed by atoms with Crippen LogP contribution in [-0.2, 0) is 4.79 Å². The number of carboxylic acid groups (broad SMARTS) is 1. The van der Waals surface area contributed by atoms with Crippen LogP contribution in [0.2, 0.25) is 5.02 Å². The van der Waals surface area contributed by atoms with Crippen LogP contribution in [0.5, 0.6) is 5.75 Å². The summed E-state index contributed by atoms with van der Waals surface area (Å²) >= 11 is 6.14. The number of likely N-dealkylation sites (tertiary alicyclic amines) is 1. The zero-order valence-electron chi connectivity index (χ0n) is 13.2. The van der Waals surface area contributed by atoms with E-state index in [2.05, 4.69) is 5.32 Å². The van der Waals surface area contributed by atoms with Gasteiger partial charge >= 0.3 is 12.0 Å². The van der Waals surface area contributed by atoms with Crippen LogP contribution in [0.3, 0.4) is 0 Å². The number of ether oxygens (including phenoxy) is 1. The van der Waals surface area contributed by atoms with Crippen LogP contribution in [0.1, 0.15) is 26.7 Å². The molecule has 1 aliphatic heterocycles. The van der Waals surface area contributed by atoms with Gasteiger partial charge in [0, 0.05) is 18.8 Å². The smallest absolute Gasteiger partial charge is 0.321 e. The largest absolute Gasteiger partial charge is 0.489 e. The van der Waals surface area contributed by atoms with Gasteiger partial charge in [-0.1, -0.05) is 11.6 Å². The number of hydrogen-bond acceptors (Lipinski definition) is 3. The number of carboxylic acids is 1. The highest BCUT2D eigenvalue weighted by Gasteiger charge is 2.27. The molecular weight excluding hydrogens is 320 g/mol. The molecule has 7 heteroatoms. The molecule has 1 saturated heterocycles. The van der Waals surface area contributed by atoms with Gasteiger partial charge in [-0.2, -0.15) is 0 Å². The molecule has 0 atom stereocenters. The number of aliphatic carboxylic acids is 1. The SMILES string of the molecule is CC(C)Oc1ccc(NC(=O)N2CCC(C(=O)O)CC2)cc1Cl. The summed E-state index contributed by atoms with van der Waals surface area (Å²) in [5, 5.41) is 12.2. The Hall–Kier alpha value is -1.95. The molecule has 1 heterocycles. The Balaban J connectivity index is 1.93. The first-order valence-corrected chi connectivity index (χ1v) is 7.99. The lowest BCUT2D eigenvalue weighted by Crippen LogP contribution is -2.42. The standard InChI is InChI=1S/C16H21ClN2O4/c1-10(2)23-14-4-3-12(9-13(14)17)18-16(22)19-7-5-11(6-8-19)15(20)21/h3-4,9-11H,5-8H2,1-2H3,(H,18,22)(H,20,21). The Bertz CT molecular complexity index is 583. The Kier molecular flexibility index (Phi) is 5.71. The highest BCUT2D eigenvalue weighted by Crippen LogP contribution is 2.29. The second-order valence-electron chi connectivity index (χ2n) is 5.84. The Morgan fingerprint density at radius 1 is 1.35 bits per heavy atom. The summed E-state index contributed by atoms with van der Waals surface area (Å²) in [4.78, 5) is 24.8. The number of piperidine rings is 1. The molecule has 0 aliphatic carbocycles. The molecule has 2 rings (SSSR count). The number of anilines is 1. The summed E-state index contributed by atoms with van der Waals surface area (Å²) < 4.78 is 5.54. The van der Waals surface area contributed by atoms with Gasteiger partial charge in [0.15, 0.2) is 0 Å². The van der Waals surface area contributed by atoms with Crippen LogP contribution in [-0.4, -0.2) is 41.2 Å². The molecule has 23 heavy (non-hydrogen) atoms.